The van der Waals surface area contributed by atoms with Crippen LogP contribution in [0.25, 0.3) is 0 Å². The molecule has 3 N–H and O–H groups in total. The fraction of sp³-hybridized carbons (Fsp3) is 0.300. The summed E-state index contributed by atoms with van der Waals surface area (Å²) < 4.78 is 12.1. The quantitative estimate of drug-likeness (QED) is 0.729. The van der Waals surface area contributed by atoms with Crippen LogP contribution < -0.4 is 9.47 Å². The lowest BCUT2D eigenvalue weighted by atomic mass is 9.87. The molecule has 0 radical (unpaired) electrons. The van der Waals surface area contributed by atoms with Crippen molar-refractivity contribution >= 4 is 0 Å². The number of allylic oxidation sites excluding steroid dienone is 2. The number of aliphatic hydroxyl groups is 1. The minimum atomic E-state index is -0.886. The molecule has 3 unspecified atom stereocenters. The Morgan fingerprint density at radius 1 is 1.04 bits per heavy atom. The lowest BCUT2D eigenvalue weighted by molar-refractivity contribution is -0.0773. The van der Waals surface area contributed by atoms with Gasteiger partial charge in [0.1, 0.15) is 29.1 Å². The summed E-state index contributed by atoms with van der Waals surface area (Å²) in [6.45, 7) is 3.99. The van der Waals surface area contributed by atoms with E-state index in [-0.39, 0.29) is 11.5 Å². The SMILES string of the molecule is CC(C)=CCc1c(O)ccc2c1OC1c3cc(O)ccc3OC2C1O. The Kier molecular flexibility index (Phi) is 3.62. The van der Waals surface area contributed by atoms with Crippen molar-refractivity contribution in [3.05, 3.63) is 58.7 Å². The van der Waals surface area contributed by atoms with Crippen LogP contribution in [0, 0.1) is 0 Å². The van der Waals surface area contributed by atoms with Gasteiger partial charge in [0.05, 0.1) is 0 Å². The van der Waals surface area contributed by atoms with Gasteiger partial charge in [0.2, 0.25) is 0 Å². The molecule has 5 nitrogen and oxygen atoms in total. The number of ether oxygens (including phenoxy) is 2. The van der Waals surface area contributed by atoms with Crippen molar-refractivity contribution in [1.82, 2.24) is 0 Å². The Hall–Kier alpha value is -2.66. The van der Waals surface area contributed by atoms with Gasteiger partial charge in [0, 0.05) is 16.7 Å². The predicted octanol–water partition coefficient (Wildman–Crippen LogP) is 3.53. The van der Waals surface area contributed by atoms with Crippen LogP contribution in [0.3, 0.4) is 0 Å². The van der Waals surface area contributed by atoms with E-state index in [4.69, 9.17) is 9.47 Å². The molecule has 5 heteroatoms. The third-order valence-electron chi connectivity index (χ3n) is 4.71. The Labute approximate surface area is 145 Å². The third-order valence-corrected chi connectivity index (χ3v) is 4.71. The van der Waals surface area contributed by atoms with E-state index in [9.17, 15) is 15.3 Å². The largest absolute Gasteiger partial charge is 0.508 e. The Balaban J connectivity index is 1.84. The highest BCUT2D eigenvalue weighted by Crippen LogP contribution is 2.52. The van der Waals surface area contributed by atoms with Crippen LogP contribution in [0.15, 0.2) is 42.0 Å². The van der Waals surface area contributed by atoms with Gasteiger partial charge in [-0.2, -0.15) is 0 Å². The van der Waals surface area contributed by atoms with Gasteiger partial charge in [-0.05, 0) is 50.6 Å². The van der Waals surface area contributed by atoms with Crippen LogP contribution >= 0.6 is 0 Å². The molecule has 25 heavy (non-hydrogen) atoms. The summed E-state index contributed by atoms with van der Waals surface area (Å²) in [4.78, 5) is 0. The van der Waals surface area contributed by atoms with Gasteiger partial charge in [-0.1, -0.05) is 11.6 Å². The summed E-state index contributed by atoms with van der Waals surface area (Å²) >= 11 is 0. The number of phenolic OH excluding ortho intramolecular Hbond substituents is 2. The Bertz CT molecular complexity index is 867. The van der Waals surface area contributed by atoms with Crippen LogP contribution in [-0.2, 0) is 6.42 Å². The van der Waals surface area contributed by atoms with E-state index in [1.807, 2.05) is 19.9 Å². The monoisotopic (exact) mass is 340 g/mol. The number of rotatable bonds is 2. The first kappa shape index (κ1) is 15.8. The molecule has 2 aliphatic heterocycles. The van der Waals surface area contributed by atoms with Crippen LogP contribution in [0.2, 0.25) is 0 Å². The van der Waals surface area contributed by atoms with Gasteiger partial charge in [-0.15, -0.1) is 0 Å². The standard InChI is InChI=1S/C20H20O5/c1-10(2)3-5-12-15(22)7-6-13-18(12)25-20-14-9-11(21)4-8-16(14)24-19(13)17(20)23/h3-4,6-9,17,19-23H,5H2,1-2H3. The lowest BCUT2D eigenvalue weighted by Gasteiger charge is -2.42. The van der Waals surface area contributed by atoms with E-state index in [1.165, 1.54) is 0 Å². The van der Waals surface area contributed by atoms with Crippen LogP contribution in [0.5, 0.6) is 23.0 Å². The van der Waals surface area contributed by atoms with Crippen LogP contribution in [-0.4, -0.2) is 21.4 Å². The van der Waals surface area contributed by atoms with Crippen molar-refractivity contribution in [2.24, 2.45) is 0 Å². The third kappa shape index (κ3) is 2.51. The molecule has 2 aromatic carbocycles. The number of hydrogen-bond acceptors (Lipinski definition) is 5. The first-order valence-corrected chi connectivity index (χ1v) is 8.28. The number of fused-ring (bicyclic) bond motifs is 6. The van der Waals surface area contributed by atoms with E-state index in [0.29, 0.717) is 29.0 Å². The molecule has 2 aromatic rings. The second-order valence-electron chi connectivity index (χ2n) is 6.76. The van der Waals surface area contributed by atoms with Gasteiger partial charge in [-0.25, -0.2) is 0 Å². The second-order valence-corrected chi connectivity index (χ2v) is 6.76. The highest BCUT2D eigenvalue weighted by molar-refractivity contribution is 5.56. The topological polar surface area (TPSA) is 79.2 Å². The lowest BCUT2D eigenvalue weighted by Crippen LogP contribution is -2.41. The first-order valence-electron chi connectivity index (χ1n) is 8.28. The molecule has 0 saturated heterocycles. The van der Waals surface area contributed by atoms with Crippen molar-refractivity contribution in [3.8, 4) is 23.0 Å². The smallest absolute Gasteiger partial charge is 0.157 e. The summed E-state index contributed by atoms with van der Waals surface area (Å²) in [6, 6.07) is 8.11. The zero-order valence-electron chi connectivity index (χ0n) is 14.1. The van der Waals surface area contributed by atoms with Crippen molar-refractivity contribution in [2.45, 2.75) is 38.6 Å². The summed E-state index contributed by atoms with van der Waals surface area (Å²) in [5.74, 6) is 1.37. The minimum Gasteiger partial charge on any atom is -0.508 e. The summed E-state index contributed by atoms with van der Waals surface area (Å²) in [5, 5.41) is 30.7. The summed E-state index contributed by atoms with van der Waals surface area (Å²) in [7, 11) is 0. The van der Waals surface area contributed by atoms with Gasteiger partial charge >= 0.3 is 0 Å². The van der Waals surface area contributed by atoms with E-state index >= 15 is 0 Å². The van der Waals surface area contributed by atoms with Gasteiger partial charge < -0.3 is 24.8 Å². The molecule has 130 valence electrons. The normalized spacial score (nSPS) is 22.9. The maximum atomic E-state index is 10.6. The van der Waals surface area contributed by atoms with E-state index in [2.05, 4.69) is 0 Å². The van der Waals surface area contributed by atoms with Crippen LogP contribution in [0.1, 0.15) is 42.7 Å². The molecular weight excluding hydrogens is 320 g/mol. The van der Waals surface area contributed by atoms with Gasteiger partial charge in [-0.3, -0.25) is 0 Å². The zero-order valence-corrected chi connectivity index (χ0v) is 14.1. The fourth-order valence-corrected chi connectivity index (χ4v) is 3.42. The molecular formula is C20H20O5. The summed E-state index contributed by atoms with van der Waals surface area (Å²) in [6.07, 6.45) is 0.431. The molecule has 4 rings (SSSR count). The Morgan fingerprint density at radius 2 is 1.80 bits per heavy atom. The molecule has 0 aliphatic carbocycles. The number of aliphatic hydroxyl groups excluding tert-OH is 1. The molecule has 3 atom stereocenters. The summed E-state index contributed by atoms with van der Waals surface area (Å²) in [5.41, 5.74) is 3.13. The molecule has 0 spiro atoms. The molecule has 2 heterocycles. The highest BCUT2D eigenvalue weighted by Gasteiger charge is 2.45. The maximum absolute atomic E-state index is 10.6. The molecule has 0 amide bonds. The predicted molar refractivity (Wildman–Crippen MR) is 92.1 cm³/mol. The zero-order chi connectivity index (χ0) is 17.7. The highest BCUT2D eigenvalue weighted by atomic mass is 16.5. The molecule has 0 aromatic heterocycles. The van der Waals surface area contributed by atoms with Crippen molar-refractivity contribution < 1.29 is 24.8 Å². The molecule has 2 aliphatic rings. The molecule has 2 bridgehead atoms. The molecule has 0 saturated carbocycles. The van der Waals surface area contributed by atoms with Gasteiger partial charge in [0.25, 0.3) is 0 Å². The number of phenols is 2. The average Bonchev–Trinajstić information content (AvgIpc) is 2.55. The van der Waals surface area contributed by atoms with Crippen LogP contribution in [0.4, 0.5) is 0 Å². The van der Waals surface area contributed by atoms with Crippen molar-refractivity contribution in [2.75, 3.05) is 0 Å². The number of benzene rings is 2. The number of hydrogen-bond donors (Lipinski definition) is 3. The van der Waals surface area contributed by atoms with E-state index in [1.54, 1.807) is 30.3 Å². The van der Waals surface area contributed by atoms with Gasteiger partial charge in [0.15, 0.2) is 12.2 Å². The maximum Gasteiger partial charge on any atom is 0.157 e. The second kappa shape index (κ2) is 5.70. The Morgan fingerprint density at radius 3 is 2.56 bits per heavy atom. The number of aromatic hydroxyl groups is 2. The first-order chi connectivity index (χ1) is 12.0. The average molecular weight is 340 g/mol. The minimum absolute atomic E-state index is 0.0862. The fourth-order valence-electron chi connectivity index (χ4n) is 3.42. The van der Waals surface area contributed by atoms with Crippen molar-refractivity contribution in [3.63, 3.8) is 0 Å². The molecule has 0 fully saturated rings. The van der Waals surface area contributed by atoms with Crippen molar-refractivity contribution in [1.29, 1.82) is 0 Å². The van der Waals surface area contributed by atoms with E-state index < -0.39 is 18.3 Å². The van der Waals surface area contributed by atoms with E-state index in [0.717, 1.165) is 11.1 Å².